The van der Waals surface area contributed by atoms with Crippen molar-refractivity contribution in [2.75, 3.05) is 32.9 Å². The molecule has 0 aromatic carbocycles. The highest BCUT2D eigenvalue weighted by atomic mass is 31.2. The minimum absolute atomic E-state index is 0.139. The van der Waals surface area contributed by atoms with Crippen LogP contribution in [-0.4, -0.2) is 52.9 Å². The summed E-state index contributed by atoms with van der Waals surface area (Å²) in [6.07, 6.45) is 3.88. The molecule has 0 aliphatic heterocycles. The van der Waals surface area contributed by atoms with Gasteiger partial charge < -0.3 is 25.3 Å². The lowest BCUT2D eigenvalue weighted by Crippen LogP contribution is -2.21. The molecule has 8 heteroatoms. The Morgan fingerprint density at radius 2 is 1.61 bits per heavy atom. The van der Waals surface area contributed by atoms with Crippen LogP contribution in [0, 0.1) is 0 Å². The molecular formula is C10H26NO6P. The molecule has 0 aromatic rings. The van der Waals surface area contributed by atoms with Crippen LogP contribution < -0.4 is 5.32 Å². The Kier molecular flexibility index (Phi) is 17.0. The maximum Gasteiger partial charge on any atom is 0.469 e. The van der Waals surface area contributed by atoms with E-state index in [1.807, 2.05) is 0 Å². The van der Waals surface area contributed by atoms with Gasteiger partial charge in [0, 0.05) is 13.1 Å². The first-order valence-electron chi connectivity index (χ1n) is 6.10. The summed E-state index contributed by atoms with van der Waals surface area (Å²) in [5.74, 6) is 0. The van der Waals surface area contributed by atoms with Crippen molar-refractivity contribution in [3.63, 3.8) is 0 Å². The van der Waals surface area contributed by atoms with Crippen molar-refractivity contribution >= 4 is 7.82 Å². The lowest BCUT2D eigenvalue weighted by molar-refractivity contribution is 0.193. The van der Waals surface area contributed by atoms with E-state index in [1.54, 1.807) is 0 Å². The van der Waals surface area contributed by atoms with Crippen molar-refractivity contribution in [1.82, 2.24) is 5.32 Å². The van der Waals surface area contributed by atoms with Crippen LogP contribution in [0.2, 0.25) is 0 Å². The second-order valence-corrected chi connectivity index (χ2v) is 4.82. The average molecular weight is 287 g/mol. The number of unbranched alkanes of at least 4 members (excludes halogenated alkanes) is 3. The van der Waals surface area contributed by atoms with E-state index in [-0.39, 0.29) is 19.8 Å². The molecule has 0 amide bonds. The highest BCUT2D eigenvalue weighted by molar-refractivity contribution is 7.46. The molecule has 0 saturated carbocycles. The standard InChI is InChI=1S/C6H15O4P.C4H11NO2/c1-2-3-4-5-6-10-11(7,8)9;6-3-1-5-2-4-7/h2-6H2,1H3,(H2,7,8,9);5-7H,1-4H2. The Labute approximate surface area is 108 Å². The normalized spacial score (nSPS) is 10.9. The van der Waals surface area contributed by atoms with Gasteiger partial charge in [0.1, 0.15) is 0 Å². The van der Waals surface area contributed by atoms with E-state index in [9.17, 15) is 4.57 Å². The minimum atomic E-state index is -4.21. The molecule has 0 atom stereocenters. The molecule has 0 aliphatic carbocycles. The summed E-state index contributed by atoms with van der Waals surface area (Å²) >= 11 is 0. The number of aliphatic hydroxyl groups is 2. The molecular weight excluding hydrogens is 261 g/mol. The van der Waals surface area contributed by atoms with Crippen LogP contribution in [0.1, 0.15) is 32.6 Å². The third kappa shape index (κ3) is 25.0. The van der Waals surface area contributed by atoms with E-state index in [0.717, 1.165) is 25.7 Å². The molecule has 5 N–H and O–H groups in total. The molecule has 0 fully saturated rings. The highest BCUT2D eigenvalue weighted by Crippen LogP contribution is 2.35. The van der Waals surface area contributed by atoms with Gasteiger partial charge in [-0.3, -0.25) is 4.52 Å². The monoisotopic (exact) mass is 287 g/mol. The van der Waals surface area contributed by atoms with Crippen molar-refractivity contribution in [3.05, 3.63) is 0 Å². The van der Waals surface area contributed by atoms with Gasteiger partial charge in [-0.05, 0) is 6.42 Å². The van der Waals surface area contributed by atoms with E-state index in [1.165, 1.54) is 0 Å². The lowest BCUT2D eigenvalue weighted by atomic mass is 10.2. The van der Waals surface area contributed by atoms with Gasteiger partial charge in [0.25, 0.3) is 0 Å². The first-order valence-corrected chi connectivity index (χ1v) is 7.63. The smallest absolute Gasteiger partial charge is 0.395 e. The van der Waals surface area contributed by atoms with E-state index in [0.29, 0.717) is 13.1 Å². The largest absolute Gasteiger partial charge is 0.469 e. The van der Waals surface area contributed by atoms with Gasteiger partial charge >= 0.3 is 7.82 Å². The van der Waals surface area contributed by atoms with Gasteiger partial charge in [-0.15, -0.1) is 0 Å². The predicted octanol–water partition coefficient (Wildman–Crippen LogP) is 0.237. The van der Waals surface area contributed by atoms with Gasteiger partial charge in [-0.2, -0.15) is 0 Å². The molecule has 0 radical (unpaired) electrons. The summed E-state index contributed by atoms with van der Waals surface area (Å²) < 4.78 is 14.4. The van der Waals surface area contributed by atoms with Crippen molar-refractivity contribution in [2.24, 2.45) is 0 Å². The summed E-state index contributed by atoms with van der Waals surface area (Å²) in [4.78, 5) is 16.5. The molecule has 0 bridgehead atoms. The van der Waals surface area contributed by atoms with Gasteiger partial charge in [0.05, 0.1) is 19.8 Å². The molecule has 0 aliphatic rings. The Morgan fingerprint density at radius 1 is 1.06 bits per heavy atom. The molecule has 0 spiro atoms. The van der Waals surface area contributed by atoms with Crippen LogP contribution in [0.4, 0.5) is 0 Å². The zero-order chi connectivity index (χ0) is 14.3. The fraction of sp³-hybridized carbons (Fsp3) is 1.00. The molecule has 0 rings (SSSR count). The lowest BCUT2D eigenvalue weighted by Gasteiger charge is -2.03. The second kappa shape index (κ2) is 15.0. The number of hydrogen-bond acceptors (Lipinski definition) is 5. The van der Waals surface area contributed by atoms with E-state index in [4.69, 9.17) is 20.0 Å². The predicted molar refractivity (Wildman–Crippen MR) is 69.2 cm³/mol. The van der Waals surface area contributed by atoms with Crippen molar-refractivity contribution in [3.8, 4) is 0 Å². The summed E-state index contributed by atoms with van der Waals surface area (Å²) in [5.41, 5.74) is 0. The Hall–Kier alpha value is -0.0100. The Balaban J connectivity index is 0. The first-order chi connectivity index (χ1) is 8.47. The zero-order valence-electron chi connectivity index (χ0n) is 10.9. The molecule has 0 unspecified atom stereocenters. The third-order valence-electron chi connectivity index (χ3n) is 1.83. The van der Waals surface area contributed by atoms with Crippen LogP contribution in [0.25, 0.3) is 0 Å². The van der Waals surface area contributed by atoms with Crippen LogP contribution in [-0.2, 0) is 9.09 Å². The number of hydrogen-bond donors (Lipinski definition) is 5. The summed E-state index contributed by atoms with van der Waals surface area (Å²) in [6.45, 7) is 3.65. The fourth-order valence-electron chi connectivity index (χ4n) is 0.995. The summed E-state index contributed by atoms with van der Waals surface area (Å²) in [7, 11) is -4.21. The fourth-order valence-corrected chi connectivity index (χ4v) is 1.36. The summed E-state index contributed by atoms with van der Waals surface area (Å²) in [6, 6.07) is 0. The van der Waals surface area contributed by atoms with Crippen molar-refractivity contribution < 1.29 is 29.1 Å². The van der Waals surface area contributed by atoms with Crippen LogP contribution in [0.3, 0.4) is 0 Å². The summed E-state index contributed by atoms with van der Waals surface area (Å²) in [5, 5.41) is 19.1. The van der Waals surface area contributed by atoms with Gasteiger partial charge in [-0.1, -0.05) is 26.2 Å². The highest BCUT2D eigenvalue weighted by Gasteiger charge is 2.11. The van der Waals surface area contributed by atoms with Crippen LogP contribution in [0.5, 0.6) is 0 Å². The zero-order valence-corrected chi connectivity index (χ0v) is 11.8. The maximum atomic E-state index is 10.1. The van der Waals surface area contributed by atoms with Crippen LogP contribution in [0.15, 0.2) is 0 Å². The number of nitrogens with one attached hydrogen (secondary N) is 1. The van der Waals surface area contributed by atoms with E-state index in [2.05, 4.69) is 16.8 Å². The molecule has 0 aromatic heterocycles. The third-order valence-corrected chi connectivity index (χ3v) is 2.35. The Morgan fingerprint density at radius 3 is 2.00 bits per heavy atom. The first kappa shape index (κ1) is 20.3. The molecule has 7 nitrogen and oxygen atoms in total. The van der Waals surface area contributed by atoms with Crippen LogP contribution >= 0.6 is 7.82 Å². The maximum absolute atomic E-state index is 10.1. The van der Waals surface area contributed by atoms with Gasteiger partial charge in [-0.25, -0.2) is 4.57 Å². The van der Waals surface area contributed by atoms with Crippen molar-refractivity contribution in [1.29, 1.82) is 0 Å². The molecule has 112 valence electrons. The number of aliphatic hydroxyl groups excluding tert-OH is 2. The van der Waals surface area contributed by atoms with Gasteiger partial charge in [0.2, 0.25) is 0 Å². The number of rotatable bonds is 10. The number of phosphoric ester groups is 1. The quantitative estimate of drug-likeness (QED) is 0.288. The molecule has 0 heterocycles. The van der Waals surface area contributed by atoms with Crippen molar-refractivity contribution in [2.45, 2.75) is 32.6 Å². The molecule has 18 heavy (non-hydrogen) atoms. The van der Waals surface area contributed by atoms with E-state index < -0.39 is 7.82 Å². The SMILES string of the molecule is CCCCCCOP(=O)(O)O.OCCNCCO. The topological polar surface area (TPSA) is 119 Å². The molecule has 0 saturated heterocycles. The Bertz CT molecular complexity index is 195. The average Bonchev–Trinajstić information content (AvgIpc) is 2.29. The second-order valence-electron chi connectivity index (χ2n) is 3.58. The van der Waals surface area contributed by atoms with Gasteiger partial charge in [0.15, 0.2) is 0 Å². The van der Waals surface area contributed by atoms with E-state index >= 15 is 0 Å². The number of phosphoric acid groups is 1. The minimum Gasteiger partial charge on any atom is -0.395 e.